The molecule has 3 aromatic carbocycles. The van der Waals surface area contributed by atoms with Crippen LogP contribution in [0.5, 0.6) is 0 Å². The topological polar surface area (TPSA) is 25.2 Å². The lowest BCUT2D eigenvalue weighted by molar-refractivity contribution is 0.0985. The molecule has 0 atom stereocenters. The highest BCUT2D eigenvalue weighted by Crippen LogP contribution is 2.33. The third-order valence-corrected chi connectivity index (χ3v) is 6.62. The number of anilines is 1. The number of rotatable bonds is 2. The van der Waals surface area contributed by atoms with Gasteiger partial charge in [0.2, 0.25) is 0 Å². The first-order valence-corrected chi connectivity index (χ1v) is 11.2. The summed E-state index contributed by atoms with van der Waals surface area (Å²) < 4.78 is 2.22. The fourth-order valence-electron chi connectivity index (χ4n) is 4.97. The van der Waals surface area contributed by atoms with E-state index in [2.05, 4.69) is 77.5 Å². The van der Waals surface area contributed by atoms with Gasteiger partial charge in [-0.05, 0) is 71.0 Å². The van der Waals surface area contributed by atoms with Gasteiger partial charge in [0.1, 0.15) is 0 Å². The van der Waals surface area contributed by atoms with Crippen LogP contribution in [0.15, 0.2) is 97.2 Å². The summed E-state index contributed by atoms with van der Waals surface area (Å²) in [5.74, 6) is 0.0386. The van der Waals surface area contributed by atoms with E-state index in [1.165, 1.54) is 22.3 Å². The number of benzene rings is 3. The Hall–Kier alpha value is -3.85. The number of aromatic nitrogens is 1. The van der Waals surface area contributed by atoms with E-state index in [9.17, 15) is 4.79 Å². The first-order chi connectivity index (χ1) is 15.8. The molecule has 1 aliphatic carbocycles. The number of carbonyl (C=O) groups excluding carboxylic acids is 1. The SMILES string of the molecule is O=C(c1ccc(C2=CCCc3ccccc32)cc1)N1Cc2cccn2Cc2ccccc21. The molecule has 1 aromatic heterocycles. The molecule has 1 amide bonds. The summed E-state index contributed by atoms with van der Waals surface area (Å²) in [6.45, 7) is 1.36. The minimum Gasteiger partial charge on any atom is -0.345 e. The summed E-state index contributed by atoms with van der Waals surface area (Å²) in [5, 5.41) is 0. The maximum Gasteiger partial charge on any atom is 0.258 e. The van der Waals surface area contributed by atoms with Crippen molar-refractivity contribution in [2.45, 2.75) is 25.9 Å². The normalized spacial score (nSPS) is 14.6. The van der Waals surface area contributed by atoms with E-state index >= 15 is 0 Å². The first kappa shape index (κ1) is 18.9. The van der Waals surface area contributed by atoms with Crippen LogP contribution in [0.4, 0.5) is 5.69 Å². The molecule has 0 fully saturated rings. The van der Waals surface area contributed by atoms with Gasteiger partial charge in [-0.3, -0.25) is 4.79 Å². The van der Waals surface area contributed by atoms with Crippen LogP contribution in [0.2, 0.25) is 0 Å². The minimum absolute atomic E-state index is 0.0386. The zero-order valence-corrected chi connectivity index (χ0v) is 17.9. The van der Waals surface area contributed by atoms with Gasteiger partial charge in [-0.1, -0.05) is 60.7 Å². The molecule has 32 heavy (non-hydrogen) atoms. The highest BCUT2D eigenvalue weighted by Gasteiger charge is 2.25. The highest BCUT2D eigenvalue weighted by atomic mass is 16.2. The average Bonchev–Trinajstić information content (AvgIpc) is 3.22. The van der Waals surface area contributed by atoms with Crippen molar-refractivity contribution in [3.8, 4) is 0 Å². The van der Waals surface area contributed by atoms with E-state index in [1.54, 1.807) is 0 Å². The zero-order valence-electron chi connectivity index (χ0n) is 17.9. The smallest absolute Gasteiger partial charge is 0.258 e. The number of amides is 1. The number of allylic oxidation sites excluding steroid dienone is 1. The molecule has 0 N–H and O–H groups in total. The molecule has 6 rings (SSSR count). The van der Waals surface area contributed by atoms with E-state index in [0.29, 0.717) is 12.1 Å². The Morgan fingerprint density at radius 2 is 1.53 bits per heavy atom. The maximum absolute atomic E-state index is 13.6. The molecule has 0 unspecified atom stereocenters. The summed E-state index contributed by atoms with van der Waals surface area (Å²) in [4.78, 5) is 15.5. The Morgan fingerprint density at radius 3 is 2.41 bits per heavy atom. The van der Waals surface area contributed by atoms with E-state index in [4.69, 9.17) is 0 Å². The van der Waals surface area contributed by atoms with Gasteiger partial charge in [0.25, 0.3) is 5.91 Å². The third kappa shape index (κ3) is 3.18. The molecule has 2 heterocycles. The maximum atomic E-state index is 13.6. The standard InChI is InChI=1S/C29H24N2O/c32-29(31-20-25-10-6-18-30(25)19-24-8-2-4-13-28(24)31)23-16-14-22(15-17-23)27-12-5-9-21-7-1-3-11-26(21)27/h1-4,6-8,10-18H,5,9,19-20H2. The summed E-state index contributed by atoms with van der Waals surface area (Å²) >= 11 is 0. The zero-order chi connectivity index (χ0) is 21.5. The van der Waals surface area contributed by atoms with Crippen molar-refractivity contribution >= 4 is 17.2 Å². The largest absolute Gasteiger partial charge is 0.345 e. The molecular weight excluding hydrogens is 392 g/mol. The van der Waals surface area contributed by atoms with E-state index in [0.717, 1.165) is 36.3 Å². The summed E-state index contributed by atoms with van der Waals surface area (Å²) in [6, 6.07) is 29.1. The number of hydrogen-bond acceptors (Lipinski definition) is 1. The van der Waals surface area contributed by atoms with Crippen LogP contribution in [-0.4, -0.2) is 10.5 Å². The molecular formula is C29H24N2O. The Kier molecular flexibility index (Phi) is 4.53. The van der Waals surface area contributed by atoms with Crippen LogP contribution < -0.4 is 4.90 Å². The Bertz CT molecular complexity index is 1340. The molecule has 0 saturated carbocycles. The number of fused-ring (bicyclic) bond motifs is 3. The quantitative estimate of drug-likeness (QED) is 0.389. The molecule has 0 bridgehead atoms. The number of hydrogen-bond donors (Lipinski definition) is 0. The number of para-hydroxylation sites is 1. The summed E-state index contributed by atoms with van der Waals surface area (Å²) in [5.41, 5.74) is 9.16. The van der Waals surface area contributed by atoms with Crippen LogP contribution in [0.25, 0.3) is 5.57 Å². The third-order valence-electron chi connectivity index (χ3n) is 6.62. The van der Waals surface area contributed by atoms with Crippen LogP contribution in [-0.2, 0) is 19.5 Å². The lowest BCUT2D eigenvalue weighted by Gasteiger charge is -2.23. The molecule has 4 aromatic rings. The lowest BCUT2D eigenvalue weighted by atomic mass is 9.87. The lowest BCUT2D eigenvalue weighted by Crippen LogP contribution is -2.30. The van der Waals surface area contributed by atoms with Crippen LogP contribution in [0, 0.1) is 0 Å². The minimum atomic E-state index is 0.0386. The van der Waals surface area contributed by atoms with Crippen molar-refractivity contribution in [2.75, 3.05) is 4.90 Å². The average molecular weight is 417 g/mol. The monoisotopic (exact) mass is 416 g/mol. The van der Waals surface area contributed by atoms with Crippen molar-refractivity contribution in [3.05, 3.63) is 131 Å². The highest BCUT2D eigenvalue weighted by molar-refractivity contribution is 6.06. The molecule has 0 saturated heterocycles. The Morgan fingerprint density at radius 1 is 0.750 bits per heavy atom. The Balaban J connectivity index is 1.34. The second-order valence-electron chi connectivity index (χ2n) is 8.54. The number of nitrogens with zero attached hydrogens (tertiary/aromatic N) is 2. The number of aryl methyl sites for hydroxylation is 1. The van der Waals surface area contributed by atoms with Gasteiger partial charge in [0.15, 0.2) is 0 Å². The predicted molar refractivity (Wildman–Crippen MR) is 129 cm³/mol. The van der Waals surface area contributed by atoms with Crippen LogP contribution >= 0.6 is 0 Å². The molecule has 1 aliphatic heterocycles. The van der Waals surface area contributed by atoms with Crippen molar-refractivity contribution < 1.29 is 4.79 Å². The van der Waals surface area contributed by atoms with Gasteiger partial charge in [-0.15, -0.1) is 0 Å². The van der Waals surface area contributed by atoms with Gasteiger partial charge in [-0.2, -0.15) is 0 Å². The van der Waals surface area contributed by atoms with Crippen molar-refractivity contribution in [3.63, 3.8) is 0 Å². The van der Waals surface area contributed by atoms with Crippen LogP contribution in [0.1, 0.15) is 44.7 Å². The summed E-state index contributed by atoms with van der Waals surface area (Å²) in [7, 11) is 0. The molecule has 3 heteroatoms. The second kappa shape index (κ2) is 7.69. The number of carbonyl (C=O) groups is 1. The van der Waals surface area contributed by atoms with Gasteiger partial charge >= 0.3 is 0 Å². The Labute approximate surface area is 188 Å². The van der Waals surface area contributed by atoms with Gasteiger partial charge in [0.05, 0.1) is 6.54 Å². The van der Waals surface area contributed by atoms with Crippen LogP contribution in [0.3, 0.4) is 0 Å². The van der Waals surface area contributed by atoms with Gasteiger partial charge in [0, 0.05) is 29.7 Å². The van der Waals surface area contributed by atoms with Crippen molar-refractivity contribution in [2.24, 2.45) is 0 Å². The molecule has 0 radical (unpaired) electrons. The molecule has 156 valence electrons. The van der Waals surface area contributed by atoms with E-state index < -0.39 is 0 Å². The second-order valence-corrected chi connectivity index (χ2v) is 8.54. The van der Waals surface area contributed by atoms with E-state index in [-0.39, 0.29) is 5.91 Å². The molecule has 0 spiro atoms. The van der Waals surface area contributed by atoms with Crippen molar-refractivity contribution in [1.82, 2.24) is 4.57 Å². The van der Waals surface area contributed by atoms with Crippen molar-refractivity contribution in [1.29, 1.82) is 0 Å². The summed E-state index contributed by atoms with van der Waals surface area (Å²) in [6.07, 6.45) is 6.55. The first-order valence-electron chi connectivity index (χ1n) is 11.2. The fourth-order valence-corrected chi connectivity index (χ4v) is 4.97. The molecule has 3 nitrogen and oxygen atoms in total. The van der Waals surface area contributed by atoms with Gasteiger partial charge in [-0.25, -0.2) is 0 Å². The van der Waals surface area contributed by atoms with Gasteiger partial charge < -0.3 is 9.47 Å². The predicted octanol–water partition coefficient (Wildman–Crippen LogP) is 6.07. The fraction of sp³-hybridized carbons (Fsp3) is 0.138. The molecule has 2 aliphatic rings. The van der Waals surface area contributed by atoms with E-state index in [1.807, 2.05) is 29.2 Å².